The first-order valence-corrected chi connectivity index (χ1v) is 10.8. The minimum Gasteiger partial charge on any atom is -0.224 e. The van der Waals surface area contributed by atoms with Gasteiger partial charge in [0.2, 0.25) is 0 Å². The van der Waals surface area contributed by atoms with E-state index in [1.54, 1.807) is 12.1 Å². The van der Waals surface area contributed by atoms with Gasteiger partial charge in [0.15, 0.2) is 9.84 Å². The van der Waals surface area contributed by atoms with Gasteiger partial charge in [-0.25, -0.2) is 8.42 Å². The Labute approximate surface area is 104 Å². The first-order valence-electron chi connectivity index (χ1n) is 5.78. The molecule has 1 aliphatic rings. The van der Waals surface area contributed by atoms with Crippen molar-refractivity contribution in [2.75, 3.05) is 6.26 Å². The maximum absolute atomic E-state index is 11.4. The molecule has 0 saturated heterocycles. The summed E-state index contributed by atoms with van der Waals surface area (Å²) < 4.78 is 22.8. The number of benzene rings is 1. The molecule has 17 heavy (non-hydrogen) atoms. The minimum absolute atomic E-state index is 0.409. The van der Waals surface area contributed by atoms with E-state index in [2.05, 4.69) is 24.9 Å². The molecule has 1 aromatic carbocycles. The van der Waals surface area contributed by atoms with E-state index in [1.165, 1.54) is 11.8 Å². The van der Waals surface area contributed by atoms with Crippen molar-refractivity contribution in [2.45, 2.75) is 30.0 Å². The summed E-state index contributed by atoms with van der Waals surface area (Å²) in [4.78, 5) is 0.409. The van der Waals surface area contributed by atoms with Crippen LogP contribution in [0.4, 0.5) is 0 Å². The van der Waals surface area contributed by atoms with Crippen LogP contribution < -0.4 is 0 Å². The predicted molar refractivity (Wildman–Crippen MR) is 73.5 cm³/mol. The highest BCUT2D eigenvalue weighted by atomic mass is 32.2. The number of hydrogen-bond donors (Lipinski definition) is 0. The van der Waals surface area contributed by atoms with Crippen LogP contribution in [0.1, 0.15) is 17.5 Å². The Morgan fingerprint density at radius 2 is 1.76 bits per heavy atom. The predicted octanol–water partition coefficient (Wildman–Crippen LogP) is 2.92. The normalized spacial score (nSPS) is 22.9. The van der Waals surface area contributed by atoms with Crippen LogP contribution >= 0.6 is 0 Å². The highest BCUT2D eigenvalue weighted by molar-refractivity contribution is 7.90. The molecule has 0 saturated carbocycles. The number of allylic oxidation sites excluding steroid dienone is 1. The Morgan fingerprint density at radius 1 is 1.18 bits per heavy atom. The van der Waals surface area contributed by atoms with Gasteiger partial charge in [-0.05, 0) is 29.7 Å². The van der Waals surface area contributed by atoms with Gasteiger partial charge in [-0.1, -0.05) is 37.0 Å². The second-order valence-electron chi connectivity index (χ2n) is 5.35. The molecule has 0 N–H and O–H groups in total. The van der Waals surface area contributed by atoms with Crippen molar-refractivity contribution in [3.8, 4) is 0 Å². The lowest BCUT2D eigenvalue weighted by Crippen LogP contribution is -2.29. The lowest BCUT2D eigenvalue weighted by Gasteiger charge is -2.24. The van der Waals surface area contributed by atoms with Gasteiger partial charge in [-0.2, -0.15) is 0 Å². The van der Waals surface area contributed by atoms with Gasteiger partial charge in [-0.15, -0.1) is 0 Å². The summed E-state index contributed by atoms with van der Waals surface area (Å²) in [6.45, 7) is 4.71. The second kappa shape index (κ2) is 4.10. The molecule has 1 unspecified atom stereocenters. The van der Waals surface area contributed by atoms with Crippen molar-refractivity contribution in [3.05, 3.63) is 41.6 Å². The summed E-state index contributed by atoms with van der Waals surface area (Å²) in [6, 6.07) is 7.41. The average molecular weight is 266 g/mol. The van der Waals surface area contributed by atoms with Crippen molar-refractivity contribution in [3.63, 3.8) is 0 Å². The number of rotatable bonds is 2. The van der Waals surface area contributed by atoms with Crippen molar-refractivity contribution < 1.29 is 8.42 Å². The molecular formula is C13H18O2SSi. The number of sulfone groups is 1. The SMILES string of the molecule is C[Si]1(C)C=CCC1c1ccc(S(C)(=O)=O)cc1. The van der Waals surface area contributed by atoms with Crippen LogP contribution in [0.2, 0.25) is 13.1 Å². The van der Waals surface area contributed by atoms with Gasteiger partial charge in [0, 0.05) is 6.26 Å². The Morgan fingerprint density at radius 3 is 2.18 bits per heavy atom. The first kappa shape index (κ1) is 12.6. The summed E-state index contributed by atoms with van der Waals surface area (Å²) in [5.41, 5.74) is 4.25. The van der Waals surface area contributed by atoms with E-state index in [-0.39, 0.29) is 0 Å². The van der Waals surface area contributed by atoms with E-state index < -0.39 is 17.9 Å². The summed E-state index contributed by atoms with van der Waals surface area (Å²) in [5.74, 6) is 0. The highest BCUT2D eigenvalue weighted by Gasteiger charge is 2.33. The molecule has 0 fully saturated rings. The van der Waals surface area contributed by atoms with E-state index in [0.717, 1.165) is 6.42 Å². The summed E-state index contributed by atoms with van der Waals surface area (Å²) in [6.07, 6.45) is 4.61. The molecule has 1 heterocycles. The van der Waals surface area contributed by atoms with Crippen LogP contribution in [0.25, 0.3) is 0 Å². The molecule has 0 aliphatic carbocycles. The van der Waals surface area contributed by atoms with Gasteiger partial charge in [0.1, 0.15) is 0 Å². The van der Waals surface area contributed by atoms with Gasteiger partial charge in [0.25, 0.3) is 0 Å². The Hall–Kier alpha value is -0.873. The van der Waals surface area contributed by atoms with Crippen molar-refractivity contribution >= 4 is 17.9 Å². The fourth-order valence-corrected chi connectivity index (χ4v) is 5.84. The van der Waals surface area contributed by atoms with E-state index in [9.17, 15) is 8.42 Å². The van der Waals surface area contributed by atoms with Crippen LogP contribution in [-0.2, 0) is 9.84 Å². The third-order valence-corrected chi connectivity index (χ3v) is 8.12. The van der Waals surface area contributed by atoms with Gasteiger partial charge >= 0.3 is 0 Å². The minimum atomic E-state index is -3.08. The summed E-state index contributed by atoms with van der Waals surface area (Å²) in [7, 11) is -4.38. The van der Waals surface area contributed by atoms with Gasteiger partial charge in [-0.3, -0.25) is 0 Å². The van der Waals surface area contributed by atoms with Crippen LogP contribution in [-0.4, -0.2) is 22.7 Å². The van der Waals surface area contributed by atoms with E-state index >= 15 is 0 Å². The van der Waals surface area contributed by atoms with E-state index in [4.69, 9.17) is 0 Å². The smallest absolute Gasteiger partial charge is 0.175 e. The molecule has 0 spiro atoms. The highest BCUT2D eigenvalue weighted by Crippen LogP contribution is 2.36. The van der Waals surface area contributed by atoms with Crippen LogP contribution in [0.5, 0.6) is 0 Å². The fourth-order valence-electron chi connectivity index (χ4n) is 2.44. The van der Waals surface area contributed by atoms with Crippen LogP contribution in [0.3, 0.4) is 0 Å². The standard InChI is InChI=1S/C13H18O2SSi/c1-16(14,15)12-8-6-11(7-9-12)13-5-4-10-17(13,2)3/h4,6-10,13H,5H2,1-3H3. The van der Waals surface area contributed by atoms with E-state index in [0.29, 0.717) is 10.4 Å². The van der Waals surface area contributed by atoms with Crippen molar-refractivity contribution in [1.82, 2.24) is 0 Å². The molecule has 0 amide bonds. The van der Waals surface area contributed by atoms with Gasteiger partial charge < -0.3 is 0 Å². The summed E-state index contributed by atoms with van der Waals surface area (Å²) >= 11 is 0. The molecule has 2 nitrogen and oxygen atoms in total. The van der Waals surface area contributed by atoms with Crippen LogP contribution in [0, 0.1) is 0 Å². The quantitative estimate of drug-likeness (QED) is 0.771. The third-order valence-electron chi connectivity index (χ3n) is 3.53. The molecule has 2 rings (SSSR count). The maximum atomic E-state index is 11.4. The zero-order valence-corrected chi connectivity index (χ0v) is 12.3. The first-order chi connectivity index (χ1) is 7.81. The Bertz CT molecular complexity index is 541. The fraction of sp³-hybridized carbons (Fsp3) is 0.385. The summed E-state index contributed by atoms with van der Waals surface area (Å²) in [5, 5.41) is 0. The molecule has 0 bridgehead atoms. The molecule has 0 aromatic heterocycles. The zero-order valence-electron chi connectivity index (χ0n) is 10.5. The molecule has 0 radical (unpaired) electrons. The molecule has 1 aliphatic heterocycles. The molecule has 4 heteroatoms. The Kier molecular flexibility index (Phi) is 3.04. The monoisotopic (exact) mass is 266 g/mol. The van der Waals surface area contributed by atoms with Gasteiger partial charge in [0.05, 0.1) is 13.0 Å². The van der Waals surface area contributed by atoms with Crippen LogP contribution in [0.15, 0.2) is 40.9 Å². The molecule has 1 aromatic rings. The Balaban J connectivity index is 2.31. The average Bonchev–Trinajstić information content (AvgIpc) is 2.57. The molecule has 1 atom stereocenters. The third kappa shape index (κ3) is 2.53. The topological polar surface area (TPSA) is 34.1 Å². The molecular weight excluding hydrogens is 248 g/mol. The van der Waals surface area contributed by atoms with E-state index in [1.807, 2.05) is 12.1 Å². The zero-order chi connectivity index (χ0) is 12.7. The lowest BCUT2D eigenvalue weighted by molar-refractivity contribution is 0.602. The molecule has 92 valence electrons. The lowest BCUT2D eigenvalue weighted by atomic mass is 10.1. The van der Waals surface area contributed by atoms with Crippen molar-refractivity contribution in [1.29, 1.82) is 0 Å². The largest absolute Gasteiger partial charge is 0.224 e. The number of hydrogen-bond acceptors (Lipinski definition) is 2. The van der Waals surface area contributed by atoms with Crippen molar-refractivity contribution in [2.24, 2.45) is 0 Å². The maximum Gasteiger partial charge on any atom is 0.175 e. The second-order valence-corrected chi connectivity index (χ2v) is 12.0.